The van der Waals surface area contributed by atoms with Crippen LogP contribution in [0.1, 0.15) is 36.8 Å². The van der Waals surface area contributed by atoms with Crippen molar-refractivity contribution in [2.75, 3.05) is 17.8 Å². The molecule has 4 rings (SSSR count). The molecule has 0 radical (unpaired) electrons. The molecule has 1 fully saturated rings. The molecule has 0 bridgehead atoms. The average Bonchev–Trinajstić information content (AvgIpc) is 3.37. The van der Waals surface area contributed by atoms with E-state index in [1.807, 2.05) is 12.1 Å². The lowest BCUT2D eigenvalue weighted by atomic mass is 9.89. The number of nitrogens with zero attached hydrogens (tertiary/aromatic N) is 2. The van der Waals surface area contributed by atoms with Gasteiger partial charge in [-0.3, -0.25) is 14.9 Å². The fraction of sp³-hybridized carbons (Fsp3) is 0.240. The fourth-order valence-electron chi connectivity index (χ4n) is 4.20. The van der Waals surface area contributed by atoms with Crippen LogP contribution in [-0.2, 0) is 14.8 Å². The lowest BCUT2D eigenvalue weighted by Crippen LogP contribution is -2.40. The molecular weight excluding hydrogens is 539 g/mol. The van der Waals surface area contributed by atoms with Gasteiger partial charge in [-0.2, -0.15) is 0 Å². The van der Waals surface area contributed by atoms with E-state index in [9.17, 15) is 13.2 Å². The average molecular weight is 564 g/mol. The first kappa shape index (κ1) is 26.3. The second-order valence-electron chi connectivity index (χ2n) is 8.25. The van der Waals surface area contributed by atoms with E-state index < -0.39 is 10.0 Å². The van der Waals surface area contributed by atoms with Crippen LogP contribution in [0, 0.1) is 5.41 Å². The molecule has 36 heavy (non-hydrogen) atoms. The molecule has 1 amide bonds. The third-order valence-corrected chi connectivity index (χ3v) is 8.90. The van der Waals surface area contributed by atoms with Crippen LogP contribution in [0.15, 0.2) is 70.6 Å². The van der Waals surface area contributed by atoms with Gasteiger partial charge >= 0.3 is 0 Å². The number of carbonyl (C=O) groups excluding carboxylic acids is 1. The zero-order valence-corrected chi connectivity index (χ0v) is 22.5. The smallest absolute Gasteiger partial charge is 0.263 e. The topological polar surface area (TPSA) is 103 Å². The summed E-state index contributed by atoms with van der Waals surface area (Å²) in [6.07, 6.45) is 4.62. The van der Waals surface area contributed by atoms with Gasteiger partial charge in [0.05, 0.1) is 26.2 Å². The first-order chi connectivity index (χ1) is 17.2. The fourth-order valence-corrected chi connectivity index (χ4v) is 6.57. The van der Waals surface area contributed by atoms with Crippen molar-refractivity contribution in [3.63, 3.8) is 0 Å². The number of sulfonamides is 1. The molecular formula is C25H24Cl2N4O3S2. The Balaban J connectivity index is 1.40. The SMILES string of the molecule is C/C=C(/C(=N)c1c(Cl)cccc1Cl)C(=O)N1CCC(c2ccc(S(=O)(=O)Nc3nccs3)cc2)CC1. The Kier molecular flexibility index (Phi) is 8.14. The molecule has 1 aliphatic heterocycles. The summed E-state index contributed by atoms with van der Waals surface area (Å²) in [7, 11) is -3.70. The van der Waals surface area contributed by atoms with Gasteiger partial charge in [0.1, 0.15) is 0 Å². The van der Waals surface area contributed by atoms with Gasteiger partial charge in [-0.05, 0) is 55.5 Å². The highest BCUT2D eigenvalue weighted by molar-refractivity contribution is 7.93. The number of piperidine rings is 1. The van der Waals surface area contributed by atoms with Gasteiger partial charge in [-0.1, -0.05) is 47.5 Å². The van der Waals surface area contributed by atoms with Crippen LogP contribution in [0.3, 0.4) is 0 Å². The van der Waals surface area contributed by atoms with Crippen molar-refractivity contribution < 1.29 is 13.2 Å². The van der Waals surface area contributed by atoms with Crippen LogP contribution >= 0.6 is 34.5 Å². The number of benzene rings is 2. The number of rotatable bonds is 7. The summed E-state index contributed by atoms with van der Waals surface area (Å²) in [4.78, 5) is 19.1. The van der Waals surface area contributed by atoms with Gasteiger partial charge in [-0.25, -0.2) is 13.4 Å². The number of thiazole rings is 1. The Bertz CT molecular complexity index is 1380. The van der Waals surface area contributed by atoms with Crippen molar-refractivity contribution in [3.05, 3.63) is 86.9 Å². The van der Waals surface area contributed by atoms with Gasteiger partial charge in [-0.15, -0.1) is 11.3 Å². The van der Waals surface area contributed by atoms with Crippen molar-refractivity contribution in [2.45, 2.75) is 30.6 Å². The van der Waals surface area contributed by atoms with E-state index in [0.29, 0.717) is 33.8 Å². The minimum atomic E-state index is -3.70. The van der Waals surface area contributed by atoms with Gasteiger partial charge in [0.15, 0.2) is 5.13 Å². The van der Waals surface area contributed by atoms with Crippen molar-refractivity contribution in [1.82, 2.24) is 9.88 Å². The lowest BCUT2D eigenvalue weighted by molar-refractivity contribution is -0.127. The molecule has 0 saturated carbocycles. The summed E-state index contributed by atoms with van der Waals surface area (Å²) in [5.41, 5.74) is 1.63. The number of carbonyl (C=O) groups is 1. The Morgan fingerprint density at radius 2 is 1.78 bits per heavy atom. The molecule has 0 spiro atoms. The maximum Gasteiger partial charge on any atom is 0.263 e. The number of halogens is 2. The molecule has 0 unspecified atom stereocenters. The van der Waals surface area contributed by atoms with Crippen LogP contribution in [0.4, 0.5) is 5.13 Å². The molecule has 2 aromatic carbocycles. The van der Waals surface area contributed by atoms with E-state index in [0.717, 1.165) is 18.4 Å². The highest BCUT2D eigenvalue weighted by Crippen LogP contribution is 2.31. The van der Waals surface area contributed by atoms with Crippen LogP contribution in [0.2, 0.25) is 10.0 Å². The van der Waals surface area contributed by atoms with E-state index in [1.54, 1.807) is 53.6 Å². The summed E-state index contributed by atoms with van der Waals surface area (Å²) >= 11 is 13.7. The molecule has 1 aliphatic rings. The molecule has 0 aliphatic carbocycles. The molecule has 2 heterocycles. The monoisotopic (exact) mass is 562 g/mol. The Morgan fingerprint density at radius 3 is 2.33 bits per heavy atom. The lowest BCUT2D eigenvalue weighted by Gasteiger charge is -2.33. The van der Waals surface area contributed by atoms with Crippen molar-refractivity contribution in [3.8, 4) is 0 Å². The third-order valence-electron chi connectivity index (χ3n) is 6.10. The number of hydrogen-bond acceptors (Lipinski definition) is 6. The number of likely N-dealkylation sites (tertiary alicyclic amines) is 1. The van der Waals surface area contributed by atoms with Crippen LogP contribution in [0.25, 0.3) is 0 Å². The van der Waals surface area contributed by atoms with Gasteiger partial charge in [0.25, 0.3) is 15.9 Å². The molecule has 11 heteroatoms. The predicted molar refractivity (Wildman–Crippen MR) is 145 cm³/mol. The molecule has 1 aromatic heterocycles. The first-order valence-corrected chi connectivity index (χ1v) is 14.3. The standard InChI is InChI=1S/C25H24Cl2N4O3S2/c1-2-19(23(28)22-20(26)4-3-5-21(22)27)24(32)31-13-10-17(11-14-31)16-6-8-18(9-7-16)36(33,34)30-25-29-12-15-35-25/h2-9,12,15,17,28H,10-11,13-14H2,1H3,(H,29,30)/b19-2-,28-23?. The van der Waals surface area contributed by atoms with E-state index >= 15 is 0 Å². The maximum absolute atomic E-state index is 13.2. The number of hydrogen-bond donors (Lipinski definition) is 2. The van der Waals surface area contributed by atoms with E-state index in [2.05, 4.69) is 9.71 Å². The summed E-state index contributed by atoms with van der Waals surface area (Å²) < 4.78 is 27.6. The van der Waals surface area contributed by atoms with Crippen LogP contribution in [0.5, 0.6) is 0 Å². The van der Waals surface area contributed by atoms with Crippen LogP contribution < -0.4 is 4.72 Å². The zero-order valence-electron chi connectivity index (χ0n) is 19.4. The number of allylic oxidation sites excluding steroid dienone is 1. The molecule has 7 nitrogen and oxygen atoms in total. The Morgan fingerprint density at radius 1 is 1.14 bits per heavy atom. The third kappa shape index (κ3) is 5.64. The molecule has 1 saturated heterocycles. The Hall–Kier alpha value is -2.72. The minimum Gasteiger partial charge on any atom is -0.339 e. The number of aromatic nitrogens is 1. The summed E-state index contributed by atoms with van der Waals surface area (Å²) in [6.45, 7) is 2.77. The largest absolute Gasteiger partial charge is 0.339 e. The molecule has 0 atom stereocenters. The summed E-state index contributed by atoms with van der Waals surface area (Å²) in [5.74, 6) is -0.0316. The van der Waals surface area contributed by atoms with Crippen molar-refractivity contribution in [2.24, 2.45) is 0 Å². The zero-order chi connectivity index (χ0) is 25.9. The molecule has 2 N–H and O–H groups in total. The van der Waals surface area contributed by atoms with Crippen LogP contribution in [-0.4, -0.2) is 43.0 Å². The minimum absolute atomic E-state index is 0.00313. The Labute approximate surface area is 224 Å². The number of anilines is 1. The van der Waals surface area contributed by atoms with E-state index in [-0.39, 0.29) is 28.0 Å². The first-order valence-electron chi connectivity index (χ1n) is 11.2. The quantitative estimate of drug-likeness (QED) is 0.273. The van der Waals surface area contributed by atoms with Crippen molar-refractivity contribution >= 4 is 61.3 Å². The van der Waals surface area contributed by atoms with Gasteiger partial charge in [0, 0.05) is 30.2 Å². The second-order valence-corrected chi connectivity index (χ2v) is 11.6. The highest BCUT2D eigenvalue weighted by atomic mass is 35.5. The molecule has 188 valence electrons. The normalized spacial score (nSPS) is 15.1. The number of amides is 1. The summed E-state index contributed by atoms with van der Waals surface area (Å²) in [5, 5.41) is 11.3. The predicted octanol–water partition coefficient (Wildman–Crippen LogP) is 5.97. The van der Waals surface area contributed by atoms with E-state index in [4.69, 9.17) is 28.6 Å². The van der Waals surface area contributed by atoms with Gasteiger partial charge in [0.2, 0.25) is 0 Å². The maximum atomic E-state index is 13.2. The van der Waals surface area contributed by atoms with Gasteiger partial charge < -0.3 is 4.90 Å². The molecule has 3 aromatic rings. The number of nitrogens with one attached hydrogen (secondary N) is 2. The van der Waals surface area contributed by atoms with E-state index in [1.165, 1.54) is 17.5 Å². The second kappa shape index (κ2) is 11.1. The highest BCUT2D eigenvalue weighted by Gasteiger charge is 2.29. The summed E-state index contributed by atoms with van der Waals surface area (Å²) in [6, 6.07) is 11.8. The van der Waals surface area contributed by atoms with Crippen molar-refractivity contribution in [1.29, 1.82) is 5.41 Å².